The van der Waals surface area contributed by atoms with Gasteiger partial charge >= 0.3 is 0 Å². The summed E-state index contributed by atoms with van der Waals surface area (Å²) in [6.45, 7) is 2.96. The second-order valence-corrected chi connectivity index (χ2v) is 4.52. The molecule has 0 spiro atoms. The Bertz CT molecular complexity index is 221. The van der Waals surface area contributed by atoms with Crippen molar-refractivity contribution in [2.24, 2.45) is 11.8 Å². The van der Waals surface area contributed by atoms with Gasteiger partial charge in [0.1, 0.15) is 0 Å². The van der Waals surface area contributed by atoms with Crippen molar-refractivity contribution in [1.82, 2.24) is 0 Å². The van der Waals surface area contributed by atoms with Gasteiger partial charge in [0.2, 0.25) is 0 Å². The average molecular weight is 180 g/mol. The van der Waals surface area contributed by atoms with Crippen LogP contribution in [-0.2, 0) is 14.9 Å². The number of hydrogen-bond donors (Lipinski definition) is 1. The first-order valence-electron chi connectivity index (χ1n) is 3.52. The van der Waals surface area contributed by atoms with Crippen LogP contribution in [0.5, 0.6) is 0 Å². The van der Waals surface area contributed by atoms with Gasteiger partial charge in [-0.15, -0.1) is 0 Å². The molecule has 11 heavy (non-hydrogen) atoms. The molecule has 0 aromatic heterocycles. The van der Waals surface area contributed by atoms with Crippen LogP contribution in [0.15, 0.2) is 0 Å². The zero-order valence-electron chi connectivity index (χ0n) is 6.36. The van der Waals surface area contributed by atoms with Crippen LogP contribution < -0.4 is 0 Å². The van der Waals surface area contributed by atoms with Gasteiger partial charge in [-0.25, -0.2) is 0 Å². The lowest BCUT2D eigenvalue weighted by Crippen LogP contribution is -2.20. The Hall–Kier alpha value is -0.130. The molecule has 66 valence electrons. The fourth-order valence-corrected chi connectivity index (χ4v) is 2.15. The summed E-state index contributed by atoms with van der Waals surface area (Å²) in [7, 11) is -3.82. The summed E-state index contributed by atoms with van der Waals surface area (Å²) in [4.78, 5) is 0. The van der Waals surface area contributed by atoms with E-state index in [9.17, 15) is 8.42 Å². The molecule has 0 amide bonds. The summed E-state index contributed by atoms with van der Waals surface area (Å²) in [6, 6.07) is 0. The van der Waals surface area contributed by atoms with Crippen LogP contribution >= 0.6 is 0 Å². The molecule has 0 bridgehead atoms. The highest BCUT2D eigenvalue weighted by Gasteiger charge is 2.28. The molecule has 1 rings (SSSR count). The Morgan fingerprint density at radius 2 is 2.18 bits per heavy atom. The van der Waals surface area contributed by atoms with E-state index in [1.807, 2.05) is 6.92 Å². The van der Waals surface area contributed by atoms with E-state index in [0.29, 0.717) is 13.2 Å². The molecular weight excluding hydrogens is 168 g/mol. The number of hydrogen-bond acceptors (Lipinski definition) is 3. The minimum absolute atomic E-state index is 0.0370. The second kappa shape index (κ2) is 3.08. The summed E-state index contributed by atoms with van der Waals surface area (Å²) >= 11 is 0. The fourth-order valence-electron chi connectivity index (χ4n) is 1.19. The third-order valence-corrected chi connectivity index (χ3v) is 2.79. The highest BCUT2D eigenvalue weighted by molar-refractivity contribution is 7.85. The van der Waals surface area contributed by atoms with Crippen molar-refractivity contribution in [2.75, 3.05) is 19.0 Å². The molecule has 0 radical (unpaired) electrons. The molecule has 2 atom stereocenters. The molecule has 0 saturated carbocycles. The van der Waals surface area contributed by atoms with E-state index in [1.54, 1.807) is 0 Å². The first-order valence-corrected chi connectivity index (χ1v) is 5.13. The van der Waals surface area contributed by atoms with Crippen molar-refractivity contribution in [3.05, 3.63) is 0 Å². The highest BCUT2D eigenvalue weighted by Crippen LogP contribution is 2.20. The molecule has 1 saturated heterocycles. The Kier molecular flexibility index (Phi) is 2.51. The summed E-state index contributed by atoms with van der Waals surface area (Å²) in [5, 5.41) is 0. The molecule has 1 heterocycles. The van der Waals surface area contributed by atoms with Gasteiger partial charge in [-0.3, -0.25) is 4.55 Å². The SMILES string of the molecule is C[C@@H]1COC[C@@H]1CS(=O)(=O)O. The maximum Gasteiger partial charge on any atom is 0.265 e. The number of ether oxygens (including phenoxy) is 1. The Labute approximate surface area is 66.3 Å². The van der Waals surface area contributed by atoms with E-state index >= 15 is 0 Å². The van der Waals surface area contributed by atoms with Gasteiger partial charge in [0.25, 0.3) is 10.1 Å². The third-order valence-electron chi connectivity index (χ3n) is 1.94. The van der Waals surface area contributed by atoms with Crippen LogP contribution in [0.2, 0.25) is 0 Å². The van der Waals surface area contributed by atoms with Crippen molar-refractivity contribution in [3.8, 4) is 0 Å². The van der Waals surface area contributed by atoms with Crippen LogP contribution in [0.3, 0.4) is 0 Å². The highest BCUT2D eigenvalue weighted by atomic mass is 32.2. The third kappa shape index (κ3) is 2.76. The minimum Gasteiger partial charge on any atom is -0.381 e. The summed E-state index contributed by atoms with van der Waals surface area (Å²) in [5.41, 5.74) is 0. The van der Waals surface area contributed by atoms with E-state index in [-0.39, 0.29) is 17.6 Å². The van der Waals surface area contributed by atoms with Gasteiger partial charge in [0, 0.05) is 12.5 Å². The predicted molar refractivity (Wildman–Crippen MR) is 39.9 cm³/mol. The molecule has 4 nitrogen and oxygen atoms in total. The van der Waals surface area contributed by atoms with Crippen molar-refractivity contribution >= 4 is 10.1 Å². The molecular formula is C6H12O4S. The Morgan fingerprint density at radius 3 is 2.55 bits per heavy atom. The zero-order chi connectivity index (χ0) is 8.48. The lowest BCUT2D eigenvalue weighted by atomic mass is 10.0. The molecule has 1 fully saturated rings. The van der Waals surface area contributed by atoms with Gasteiger partial charge in [-0.05, 0) is 5.92 Å². The van der Waals surface area contributed by atoms with Gasteiger partial charge in [-0.1, -0.05) is 6.92 Å². The normalized spacial score (nSPS) is 32.5. The van der Waals surface area contributed by atoms with Gasteiger partial charge in [0.15, 0.2) is 0 Å². The van der Waals surface area contributed by atoms with E-state index < -0.39 is 10.1 Å². The van der Waals surface area contributed by atoms with Crippen LogP contribution in [0.25, 0.3) is 0 Å². The number of rotatable bonds is 2. The molecule has 1 aliphatic heterocycles. The van der Waals surface area contributed by atoms with Gasteiger partial charge in [0.05, 0.1) is 12.4 Å². The van der Waals surface area contributed by atoms with E-state index in [1.165, 1.54) is 0 Å². The first-order chi connectivity index (χ1) is 4.99. The predicted octanol–water partition coefficient (Wildman–Crippen LogP) is 0.157. The van der Waals surface area contributed by atoms with Crippen molar-refractivity contribution in [3.63, 3.8) is 0 Å². The molecule has 0 aromatic carbocycles. The maximum atomic E-state index is 10.4. The Balaban J connectivity index is 2.50. The van der Waals surface area contributed by atoms with Gasteiger partial charge in [-0.2, -0.15) is 8.42 Å². The summed E-state index contributed by atoms with van der Waals surface area (Å²) in [6.07, 6.45) is 0. The molecule has 1 N–H and O–H groups in total. The smallest absolute Gasteiger partial charge is 0.265 e. The zero-order valence-corrected chi connectivity index (χ0v) is 7.17. The van der Waals surface area contributed by atoms with E-state index in [0.717, 1.165) is 0 Å². The summed E-state index contributed by atoms with van der Waals surface area (Å²) < 4.78 is 34.4. The molecule has 0 unspecified atom stereocenters. The second-order valence-electron chi connectivity index (χ2n) is 3.02. The topological polar surface area (TPSA) is 63.6 Å². The first kappa shape index (κ1) is 8.96. The van der Waals surface area contributed by atoms with Crippen molar-refractivity contribution < 1.29 is 17.7 Å². The van der Waals surface area contributed by atoms with Crippen molar-refractivity contribution in [2.45, 2.75) is 6.92 Å². The fraction of sp³-hybridized carbons (Fsp3) is 1.00. The largest absolute Gasteiger partial charge is 0.381 e. The summed E-state index contributed by atoms with van der Waals surface area (Å²) in [5.74, 6) is 0.0238. The molecule has 0 aliphatic carbocycles. The average Bonchev–Trinajstić information content (AvgIpc) is 2.12. The quantitative estimate of drug-likeness (QED) is 0.615. The van der Waals surface area contributed by atoms with Crippen LogP contribution in [-0.4, -0.2) is 31.9 Å². The molecule has 1 aliphatic rings. The Morgan fingerprint density at radius 1 is 1.55 bits per heavy atom. The van der Waals surface area contributed by atoms with Gasteiger partial charge < -0.3 is 4.74 Å². The van der Waals surface area contributed by atoms with E-state index in [4.69, 9.17) is 9.29 Å². The van der Waals surface area contributed by atoms with Crippen LogP contribution in [0, 0.1) is 11.8 Å². The molecule has 5 heteroatoms. The minimum atomic E-state index is -3.82. The van der Waals surface area contributed by atoms with Crippen molar-refractivity contribution in [1.29, 1.82) is 0 Å². The monoisotopic (exact) mass is 180 g/mol. The standard InChI is InChI=1S/C6H12O4S/c1-5-2-10-3-6(5)4-11(7,8)9/h5-6H,2-4H2,1H3,(H,7,8,9)/t5-,6-/m1/s1. The van der Waals surface area contributed by atoms with Crippen LogP contribution in [0.4, 0.5) is 0 Å². The lowest BCUT2D eigenvalue weighted by Gasteiger charge is -2.09. The molecule has 0 aromatic rings. The maximum absolute atomic E-state index is 10.4. The van der Waals surface area contributed by atoms with E-state index in [2.05, 4.69) is 0 Å². The van der Waals surface area contributed by atoms with Crippen LogP contribution in [0.1, 0.15) is 6.92 Å². The lowest BCUT2D eigenvalue weighted by molar-refractivity contribution is 0.183.